The quantitative estimate of drug-likeness (QED) is 0.104. The average molecular weight is 769 g/mol. The maximum absolute atomic E-state index is 13.8. The molecule has 0 aliphatic rings. The van der Waals surface area contributed by atoms with E-state index in [2.05, 4.69) is 36.6 Å². The van der Waals surface area contributed by atoms with Gasteiger partial charge in [0.1, 0.15) is 29.3 Å². The van der Waals surface area contributed by atoms with Crippen LogP contribution in [0, 0.1) is 30.6 Å². The first-order valence-electron chi connectivity index (χ1n) is 19.1. The van der Waals surface area contributed by atoms with E-state index in [-0.39, 0.29) is 48.9 Å². The summed E-state index contributed by atoms with van der Waals surface area (Å²) in [5.41, 5.74) is 6.57. The summed E-state index contributed by atoms with van der Waals surface area (Å²) in [6, 6.07) is 6.51. The van der Waals surface area contributed by atoms with E-state index < -0.39 is 66.1 Å². The highest BCUT2D eigenvalue weighted by molar-refractivity contribution is 5.90. The Morgan fingerprint density at radius 1 is 0.891 bits per heavy atom. The molecule has 1 heterocycles. The van der Waals surface area contributed by atoms with Crippen molar-refractivity contribution in [3.63, 3.8) is 0 Å². The Hall–Kier alpha value is -4.79. The fourth-order valence-corrected chi connectivity index (χ4v) is 5.89. The Balaban J connectivity index is 2.12. The van der Waals surface area contributed by atoms with Crippen LogP contribution in [0.3, 0.4) is 0 Å². The maximum Gasteiger partial charge on any atom is 0.408 e. The van der Waals surface area contributed by atoms with Crippen LogP contribution in [0.2, 0.25) is 0 Å². The van der Waals surface area contributed by atoms with E-state index in [9.17, 15) is 29.1 Å². The van der Waals surface area contributed by atoms with Crippen LogP contribution in [0.25, 0.3) is 0 Å². The molecule has 1 aromatic heterocycles. The largest absolute Gasteiger partial charge is 0.444 e. The third-order valence-electron chi connectivity index (χ3n) is 9.15. The second-order valence-corrected chi connectivity index (χ2v) is 16.0. The number of nitrogen functional groups attached to an aromatic ring is 1. The molecule has 55 heavy (non-hydrogen) atoms. The van der Waals surface area contributed by atoms with Crippen molar-refractivity contribution in [2.24, 2.45) is 23.7 Å². The molecule has 0 unspecified atom stereocenters. The van der Waals surface area contributed by atoms with Crippen molar-refractivity contribution in [3.05, 3.63) is 53.5 Å². The summed E-state index contributed by atoms with van der Waals surface area (Å²) in [5.74, 6) is -2.18. The number of benzene rings is 1. The minimum Gasteiger partial charge on any atom is -0.444 e. The topological polar surface area (TPSA) is 227 Å². The SMILES string of the molecule is CC[C@H](C)[C@H](NC(=O)[C@@H](C[C@H](O)[C@H](CC(C)C)NC(=O)CNC(=O)[C@H](Cc1ccccc1)NC(=O)OC(C)(C)C)C(C)C)C(=O)NCc1cnc(C)nc1N. The zero-order valence-electron chi connectivity index (χ0n) is 34.2. The minimum absolute atomic E-state index is 0.0125. The summed E-state index contributed by atoms with van der Waals surface area (Å²) >= 11 is 0. The Morgan fingerprint density at radius 2 is 1.55 bits per heavy atom. The molecule has 5 amide bonds. The second-order valence-electron chi connectivity index (χ2n) is 16.0. The van der Waals surface area contributed by atoms with Gasteiger partial charge in [0.15, 0.2) is 0 Å². The number of alkyl carbamates (subject to hydrolysis) is 1. The number of hydrogen-bond acceptors (Lipinski definition) is 10. The van der Waals surface area contributed by atoms with Crippen molar-refractivity contribution < 1.29 is 33.8 Å². The van der Waals surface area contributed by atoms with Gasteiger partial charge in [-0.1, -0.05) is 78.3 Å². The van der Waals surface area contributed by atoms with Gasteiger partial charge < -0.3 is 42.2 Å². The molecule has 15 heteroatoms. The van der Waals surface area contributed by atoms with Gasteiger partial charge in [0.2, 0.25) is 23.6 Å². The van der Waals surface area contributed by atoms with Crippen molar-refractivity contribution in [3.8, 4) is 0 Å². The fourth-order valence-electron chi connectivity index (χ4n) is 5.89. The van der Waals surface area contributed by atoms with E-state index in [1.807, 2.05) is 71.9 Å². The highest BCUT2D eigenvalue weighted by atomic mass is 16.6. The molecule has 0 aliphatic heterocycles. The Kier molecular flexibility index (Phi) is 18.5. The van der Waals surface area contributed by atoms with Crippen molar-refractivity contribution in [2.45, 2.75) is 131 Å². The zero-order chi connectivity index (χ0) is 41.5. The third-order valence-corrected chi connectivity index (χ3v) is 9.15. The van der Waals surface area contributed by atoms with Crippen molar-refractivity contribution in [1.82, 2.24) is 36.6 Å². The number of rotatable bonds is 20. The molecule has 306 valence electrons. The molecule has 0 radical (unpaired) electrons. The predicted molar refractivity (Wildman–Crippen MR) is 211 cm³/mol. The normalized spacial score (nSPS) is 14.9. The fraction of sp³-hybridized carbons (Fsp3) is 0.625. The highest BCUT2D eigenvalue weighted by Gasteiger charge is 2.34. The summed E-state index contributed by atoms with van der Waals surface area (Å²) in [4.78, 5) is 74.6. The summed E-state index contributed by atoms with van der Waals surface area (Å²) < 4.78 is 5.35. The van der Waals surface area contributed by atoms with Gasteiger partial charge in [-0.15, -0.1) is 0 Å². The first kappa shape index (κ1) is 46.4. The van der Waals surface area contributed by atoms with Gasteiger partial charge in [-0.2, -0.15) is 0 Å². The van der Waals surface area contributed by atoms with E-state index in [1.54, 1.807) is 33.9 Å². The molecule has 0 bridgehead atoms. The number of aromatic nitrogens is 2. The number of carbonyl (C=O) groups is 5. The van der Waals surface area contributed by atoms with E-state index in [0.717, 1.165) is 5.56 Å². The van der Waals surface area contributed by atoms with Crippen LogP contribution in [0.5, 0.6) is 0 Å². The van der Waals surface area contributed by atoms with Gasteiger partial charge in [-0.25, -0.2) is 14.8 Å². The van der Waals surface area contributed by atoms with Crippen molar-refractivity contribution in [2.75, 3.05) is 12.3 Å². The highest BCUT2D eigenvalue weighted by Crippen LogP contribution is 2.23. The van der Waals surface area contributed by atoms with Crippen LogP contribution in [0.4, 0.5) is 10.6 Å². The molecule has 2 aromatic rings. The minimum atomic E-state index is -1.12. The molecule has 0 saturated heterocycles. The number of anilines is 1. The first-order valence-corrected chi connectivity index (χ1v) is 19.1. The number of aliphatic hydroxyl groups is 1. The standard InChI is InChI=1S/C40H64N8O7/c1-11-25(6)34(38(53)43-21-28-20-42-26(7)45-35(28)41)48-36(51)29(24(4)5)19-32(49)30(17-23(2)3)46-33(50)22-44-37(52)31(18-27-15-13-12-14-16-27)47-39(54)55-40(8,9)10/h12-16,20,23-25,29-32,34,49H,11,17-19,21-22H2,1-10H3,(H,43,53)(H,44,52)(H,46,50)(H,47,54)(H,48,51)(H2,41,42,45)/t25-,29-,30-,31-,32-,34-/m0/s1. The number of amides is 5. The lowest BCUT2D eigenvalue weighted by Gasteiger charge is -2.31. The third kappa shape index (κ3) is 16.6. The number of nitrogens with two attached hydrogens (primary N) is 1. The number of nitrogens with one attached hydrogen (secondary N) is 5. The first-order chi connectivity index (χ1) is 25.7. The van der Waals surface area contributed by atoms with Crippen LogP contribution >= 0.6 is 0 Å². The lowest BCUT2D eigenvalue weighted by Crippen LogP contribution is -2.54. The van der Waals surface area contributed by atoms with E-state index >= 15 is 0 Å². The van der Waals surface area contributed by atoms with Crippen molar-refractivity contribution in [1.29, 1.82) is 0 Å². The van der Waals surface area contributed by atoms with Crippen LogP contribution in [0.15, 0.2) is 36.5 Å². The van der Waals surface area contributed by atoms with E-state index in [0.29, 0.717) is 24.2 Å². The van der Waals surface area contributed by atoms with Gasteiger partial charge in [0.05, 0.1) is 18.7 Å². The number of carbonyl (C=O) groups excluding carboxylic acids is 5. The number of ether oxygens (including phenoxy) is 1. The number of aliphatic hydroxyl groups excluding tert-OH is 1. The summed E-state index contributed by atoms with van der Waals surface area (Å²) in [6.07, 6.45) is 0.851. The molecular weight excluding hydrogens is 704 g/mol. The van der Waals surface area contributed by atoms with Crippen LogP contribution < -0.4 is 32.3 Å². The van der Waals surface area contributed by atoms with Gasteiger partial charge in [0.25, 0.3) is 0 Å². The number of hydrogen-bond donors (Lipinski definition) is 7. The molecule has 0 aliphatic carbocycles. The average Bonchev–Trinajstić information content (AvgIpc) is 3.09. The van der Waals surface area contributed by atoms with Gasteiger partial charge in [-0.3, -0.25) is 19.2 Å². The Bertz CT molecular complexity index is 1560. The van der Waals surface area contributed by atoms with Crippen LogP contribution in [-0.4, -0.2) is 81.2 Å². The Labute approximate surface area is 326 Å². The lowest BCUT2D eigenvalue weighted by molar-refractivity contribution is -0.134. The summed E-state index contributed by atoms with van der Waals surface area (Å²) in [5, 5.41) is 25.3. The van der Waals surface area contributed by atoms with Gasteiger partial charge in [-0.05, 0) is 63.9 Å². The molecule has 0 spiro atoms. The second kappa shape index (κ2) is 21.9. The number of aryl methyl sites for hydroxylation is 1. The maximum atomic E-state index is 13.8. The zero-order valence-corrected chi connectivity index (χ0v) is 34.2. The van der Waals surface area contributed by atoms with E-state index in [1.165, 1.54) is 0 Å². The predicted octanol–water partition coefficient (Wildman–Crippen LogP) is 3.32. The molecule has 8 N–H and O–H groups in total. The smallest absolute Gasteiger partial charge is 0.408 e. The molecule has 0 fully saturated rings. The van der Waals surface area contributed by atoms with Crippen LogP contribution in [0.1, 0.15) is 98.5 Å². The Morgan fingerprint density at radius 3 is 2.11 bits per heavy atom. The molecule has 15 nitrogen and oxygen atoms in total. The van der Waals surface area contributed by atoms with Crippen molar-refractivity contribution >= 4 is 35.5 Å². The molecular formula is C40H64N8O7. The number of nitrogens with zero attached hydrogens (tertiary/aromatic N) is 2. The molecule has 1 aromatic carbocycles. The van der Waals surface area contributed by atoms with Gasteiger partial charge >= 0.3 is 6.09 Å². The lowest BCUT2D eigenvalue weighted by atomic mass is 9.85. The van der Waals surface area contributed by atoms with E-state index in [4.69, 9.17) is 10.5 Å². The monoisotopic (exact) mass is 768 g/mol. The molecule has 6 atom stereocenters. The molecule has 0 saturated carbocycles. The molecule has 2 rings (SSSR count). The summed E-state index contributed by atoms with van der Waals surface area (Å²) in [7, 11) is 0. The van der Waals surface area contributed by atoms with Gasteiger partial charge in [0, 0.05) is 30.6 Å². The van der Waals surface area contributed by atoms with Crippen LogP contribution in [-0.2, 0) is 36.9 Å². The summed E-state index contributed by atoms with van der Waals surface area (Å²) in [6.45, 7) is 17.9.